The first kappa shape index (κ1) is 22.6. The van der Waals surface area contributed by atoms with Crippen LogP contribution >= 0.6 is 0 Å². The maximum absolute atomic E-state index is 12.6. The summed E-state index contributed by atoms with van der Waals surface area (Å²) in [6, 6.07) is 21.1. The average Bonchev–Trinajstić information content (AvgIpc) is 2.78. The van der Waals surface area contributed by atoms with E-state index in [0.29, 0.717) is 22.7 Å². The number of ether oxygens (including phenoxy) is 2. The molecule has 0 saturated heterocycles. The number of rotatable bonds is 7. The Labute approximate surface area is 188 Å². The minimum atomic E-state index is -0.476. The molecule has 0 unspecified atom stereocenters. The van der Waals surface area contributed by atoms with Gasteiger partial charge in [0.05, 0.1) is 14.2 Å². The molecule has 5 heteroatoms. The van der Waals surface area contributed by atoms with Crippen LogP contribution in [-0.4, -0.2) is 20.1 Å². The zero-order valence-corrected chi connectivity index (χ0v) is 18.7. The number of amides is 1. The molecule has 1 amide bonds. The third-order valence-electron chi connectivity index (χ3n) is 5.01. The summed E-state index contributed by atoms with van der Waals surface area (Å²) in [5.41, 5.74) is 5.99. The van der Waals surface area contributed by atoms with Gasteiger partial charge in [-0.15, -0.1) is 0 Å². The number of nitrogens with one attached hydrogen (secondary N) is 1. The lowest BCUT2D eigenvalue weighted by Gasteiger charge is -2.11. The Morgan fingerprint density at radius 3 is 2.25 bits per heavy atom. The summed E-state index contributed by atoms with van der Waals surface area (Å²) in [6.07, 6.45) is 2.29. The van der Waals surface area contributed by atoms with Crippen LogP contribution in [0.15, 0.2) is 66.2 Å². The van der Waals surface area contributed by atoms with E-state index in [1.54, 1.807) is 44.6 Å². The van der Waals surface area contributed by atoms with Gasteiger partial charge in [-0.1, -0.05) is 41.5 Å². The van der Waals surface area contributed by atoms with Gasteiger partial charge in [-0.25, -0.2) is 0 Å². The second kappa shape index (κ2) is 10.3. The van der Waals surface area contributed by atoms with Crippen LogP contribution in [0.1, 0.15) is 27.8 Å². The highest BCUT2D eigenvalue weighted by atomic mass is 16.5. The molecule has 0 radical (unpaired) electrons. The monoisotopic (exact) mass is 426 g/mol. The van der Waals surface area contributed by atoms with Crippen LogP contribution in [0.25, 0.3) is 6.08 Å². The van der Waals surface area contributed by atoms with Gasteiger partial charge in [-0.3, -0.25) is 4.79 Å². The van der Waals surface area contributed by atoms with Crippen molar-refractivity contribution in [2.45, 2.75) is 20.3 Å². The summed E-state index contributed by atoms with van der Waals surface area (Å²) in [5, 5.41) is 12.2. The van der Waals surface area contributed by atoms with Crippen molar-refractivity contribution in [1.82, 2.24) is 0 Å². The van der Waals surface area contributed by atoms with Crippen LogP contribution < -0.4 is 14.8 Å². The molecule has 3 rings (SSSR count). The standard InChI is InChI=1S/C27H26N2O3/c1-18-11-19(2)13-21(12-18)15-22-6-5-20(16-26(22)32-4)14-23(17-28)27(30)29-24-7-9-25(31-3)10-8-24/h5-14,16H,15H2,1-4H3,(H,29,30)/b23-14+. The summed E-state index contributed by atoms with van der Waals surface area (Å²) < 4.78 is 10.7. The van der Waals surface area contributed by atoms with Crippen molar-refractivity contribution in [1.29, 1.82) is 5.26 Å². The fourth-order valence-corrected chi connectivity index (χ4v) is 3.58. The molecule has 0 heterocycles. The Hall–Kier alpha value is -4.04. The summed E-state index contributed by atoms with van der Waals surface area (Å²) in [4.78, 5) is 12.6. The molecule has 0 bridgehead atoms. The van der Waals surface area contributed by atoms with E-state index in [4.69, 9.17) is 9.47 Å². The van der Waals surface area contributed by atoms with E-state index in [0.717, 1.165) is 12.0 Å². The zero-order valence-electron chi connectivity index (χ0n) is 18.7. The number of aryl methyl sites for hydroxylation is 2. The summed E-state index contributed by atoms with van der Waals surface area (Å²) in [5.74, 6) is 0.925. The number of benzene rings is 3. The topological polar surface area (TPSA) is 71.3 Å². The Morgan fingerprint density at radius 2 is 1.66 bits per heavy atom. The summed E-state index contributed by atoms with van der Waals surface area (Å²) >= 11 is 0. The maximum atomic E-state index is 12.6. The second-order valence-electron chi connectivity index (χ2n) is 7.60. The Balaban J connectivity index is 1.80. The number of hydrogen-bond acceptors (Lipinski definition) is 4. The van der Waals surface area contributed by atoms with Crippen LogP contribution in [0.2, 0.25) is 0 Å². The van der Waals surface area contributed by atoms with Gasteiger partial charge in [0.1, 0.15) is 23.1 Å². The van der Waals surface area contributed by atoms with E-state index >= 15 is 0 Å². The van der Waals surface area contributed by atoms with Gasteiger partial charge in [0.15, 0.2) is 0 Å². The van der Waals surface area contributed by atoms with Gasteiger partial charge in [0, 0.05) is 12.1 Å². The molecule has 0 fully saturated rings. The van der Waals surface area contributed by atoms with Gasteiger partial charge in [-0.2, -0.15) is 5.26 Å². The van der Waals surface area contributed by atoms with Crippen LogP contribution in [-0.2, 0) is 11.2 Å². The van der Waals surface area contributed by atoms with E-state index in [9.17, 15) is 10.1 Å². The predicted molar refractivity (Wildman–Crippen MR) is 127 cm³/mol. The number of carbonyl (C=O) groups excluding carboxylic acids is 1. The molecule has 0 aliphatic rings. The van der Waals surface area contributed by atoms with Crippen molar-refractivity contribution < 1.29 is 14.3 Å². The highest BCUT2D eigenvalue weighted by Gasteiger charge is 2.11. The molecular weight excluding hydrogens is 400 g/mol. The number of carbonyl (C=O) groups is 1. The predicted octanol–water partition coefficient (Wildman–Crippen LogP) is 5.46. The third-order valence-corrected chi connectivity index (χ3v) is 5.01. The lowest BCUT2D eigenvalue weighted by atomic mass is 9.98. The van der Waals surface area contributed by atoms with Gasteiger partial charge in [0.2, 0.25) is 0 Å². The molecule has 0 spiro atoms. The van der Waals surface area contributed by atoms with Crippen LogP contribution in [0.4, 0.5) is 5.69 Å². The maximum Gasteiger partial charge on any atom is 0.266 e. The lowest BCUT2D eigenvalue weighted by molar-refractivity contribution is -0.112. The smallest absolute Gasteiger partial charge is 0.266 e. The first-order chi connectivity index (χ1) is 15.4. The summed E-state index contributed by atoms with van der Waals surface area (Å²) in [7, 11) is 3.20. The van der Waals surface area contributed by atoms with Crippen molar-refractivity contribution >= 4 is 17.7 Å². The molecule has 32 heavy (non-hydrogen) atoms. The van der Waals surface area contributed by atoms with Gasteiger partial charge < -0.3 is 14.8 Å². The molecule has 0 aromatic heterocycles. The first-order valence-corrected chi connectivity index (χ1v) is 10.2. The normalized spacial score (nSPS) is 10.9. The second-order valence-corrected chi connectivity index (χ2v) is 7.60. The Bertz CT molecular complexity index is 1170. The molecule has 162 valence electrons. The Kier molecular flexibility index (Phi) is 7.30. The van der Waals surface area contributed by atoms with E-state index in [2.05, 4.69) is 37.4 Å². The number of nitrogens with zero attached hydrogens (tertiary/aromatic N) is 1. The summed E-state index contributed by atoms with van der Waals surface area (Å²) in [6.45, 7) is 4.17. The van der Waals surface area contributed by atoms with Crippen LogP contribution in [0.5, 0.6) is 11.5 Å². The van der Waals surface area contributed by atoms with Gasteiger partial charge in [-0.05, 0) is 66.9 Å². The number of hydrogen-bond donors (Lipinski definition) is 1. The molecule has 5 nitrogen and oxygen atoms in total. The molecular formula is C27H26N2O3. The van der Waals surface area contributed by atoms with Crippen molar-refractivity contribution in [3.05, 3.63) is 94.1 Å². The number of anilines is 1. The molecule has 1 N–H and O–H groups in total. The average molecular weight is 427 g/mol. The minimum Gasteiger partial charge on any atom is -0.497 e. The van der Waals surface area contributed by atoms with Crippen molar-refractivity contribution in [2.75, 3.05) is 19.5 Å². The Morgan fingerprint density at radius 1 is 0.969 bits per heavy atom. The first-order valence-electron chi connectivity index (χ1n) is 10.2. The van der Waals surface area contributed by atoms with Crippen LogP contribution in [0, 0.1) is 25.2 Å². The lowest BCUT2D eigenvalue weighted by Crippen LogP contribution is -2.13. The van der Waals surface area contributed by atoms with E-state index < -0.39 is 5.91 Å². The SMILES string of the molecule is COc1ccc(NC(=O)/C(C#N)=C/c2ccc(Cc3cc(C)cc(C)c3)c(OC)c2)cc1. The van der Waals surface area contributed by atoms with E-state index in [-0.39, 0.29) is 5.57 Å². The van der Waals surface area contributed by atoms with Crippen LogP contribution in [0.3, 0.4) is 0 Å². The number of methoxy groups -OCH3 is 2. The molecule has 0 aliphatic carbocycles. The van der Waals surface area contributed by atoms with Crippen molar-refractivity contribution in [3.63, 3.8) is 0 Å². The highest BCUT2D eigenvalue weighted by Crippen LogP contribution is 2.25. The quantitative estimate of drug-likeness (QED) is 0.402. The molecule has 3 aromatic carbocycles. The molecule has 0 saturated carbocycles. The van der Waals surface area contributed by atoms with Crippen molar-refractivity contribution in [3.8, 4) is 17.6 Å². The fraction of sp³-hybridized carbons (Fsp3) is 0.185. The van der Waals surface area contributed by atoms with E-state index in [1.165, 1.54) is 16.7 Å². The van der Waals surface area contributed by atoms with Gasteiger partial charge >= 0.3 is 0 Å². The molecule has 0 aliphatic heterocycles. The van der Waals surface area contributed by atoms with Crippen molar-refractivity contribution in [2.24, 2.45) is 0 Å². The third kappa shape index (κ3) is 5.77. The largest absolute Gasteiger partial charge is 0.497 e. The molecule has 3 aromatic rings. The fourth-order valence-electron chi connectivity index (χ4n) is 3.58. The molecule has 0 atom stereocenters. The van der Waals surface area contributed by atoms with Gasteiger partial charge in [0.25, 0.3) is 5.91 Å². The zero-order chi connectivity index (χ0) is 23.1. The van der Waals surface area contributed by atoms with E-state index in [1.807, 2.05) is 24.3 Å². The highest BCUT2D eigenvalue weighted by molar-refractivity contribution is 6.09. The number of nitriles is 1. The minimum absolute atomic E-state index is 0.00456.